The molecule has 3 saturated carbocycles. The van der Waals surface area contributed by atoms with Gasteiger partial charge in [-0.3, -0.25) is 0 Å². The normalized spacial score (nSPS) is 36.0. The highest BCUT2D eigenvalue weighted by Gasteiger charge is 2.38. The van der Waals surface area contributed by atoms with Crippen molar-refractivity contribution < 1.29 is 4.74 Å². The highest BCUT2D eigenvalue weighted by Crippen LogP contribution is 2.48. The Kier molecular flexibility index (Phi) is 9.01. The van der Waals surface area contributed by atoms with Crippen molar-refractivity contribution in [3.05, 3.63) is 0 Å². The summed E-state index contributed by atoms with van der Waals surface area (Å²) in [5.74, 6) is 3.11. The van der Waals surface area contributed by atoms with E-state index < -0.39 is 0 Å². The molecule has 0 aliphatic heterocycles. The average molecular weight is 377 g/mol. The van der Waals surface area contributed by atoms with E-state index in [-0.39, 0.29) is 0 Å². The molecular weight excluding hydrogens is 328 g/mol. The largest absolute Gasteiger partial charge is 0.378 e. The van der Waals surface area contributed by atoms with E-state index in [1.807, 2.05) is 0 Å². The highest BCUT2D eigenvalue weighted by atomic mass is 16.5. The molecule has 3 fully saturated rings. The molecule has 0 radical (unpaired) electrons. The zero-order chi connectivity index (χ0) is 19.0. The second-order valence-corrected chi connectivity index (χ2v) is 10.6. The number of ether oxygens (including phenoxy) is 1. The smallest absolute Gasteiger partial charge is 0.0575 e. The summed E-state index contributed by atoms with van der Waals surface area (Å²) in [6, 6.07) is 0. The number of rotatable bonds is 9. The molecular formula is C26H48O. The summed E-state index contributed by atoms with van der Waals surface area (Å²) in [6.07, 6.45) is 26.5. The summed E-state index contributed by atoms with van der Waals surface area (Å²) in [4.78, 5) is 0. The third-order valence-electron chi connectivity index (χ3n) is 8.58. The van der Waals surface area contributed by atoms with Crippen LogP contribution in [0.3, 0.4) is 0 Å². The second kappa shape index (κ2) is 11.2. The molecule has 0 amide bonds. The first-order valence-electron chi connectivity index (χ1n) is 12.9. The molecule has 0 heterocycles. The van der Waals surface area contributed by atoms with Gasteiger partial charge < -0.3 is 4.74 Å². The van der Waals surface area contributed by atoms with Gasteiger partial charge in [-0.05, 0) is 81.0 Å². The van der Waals surface area contributed by atoms with Gasteiger partial charge in [0.1, 0.15) is 0 Å². The minimum Gasteiger partial charge on any atom is -0.378 e. The average Bonchev–Trinajstić information content (AvgIpc) is 2.73. The van der Waals surface area contributed by atoms with Crippen LogP contribution in [-0.4, -0.2) is 12.7 Å². The maximum absolute atomic E-state index is 6.63. The predicted molar refractivity (Wildman–Crippen MR) is 117 cm³/mol. The molecule has 3 rings (SSSR count). The molecule has 0 unspecified atom stereocenters. The lowest BCUT2D eigenvalue weighted by Crippen LogP contribution is -2.36. The van der Waals surface area contributed by atoms with Crippen LogP contribution in [0.25, 0.3) is 0 Å². The molecule has 0 spiro atoms. The lowest BCUT2D eigenvalue weighted by atomic mass is 9.64. The van der Waals surface area contributed by atoms with Gasteiger partial charge in [0.15, 0.2) is 0 Å². The molecule has 0 saturated heterocycles. The SMILES string of the molecule is CCCCC1(CO[C@H]2CC[C@H](CCC)CC2)CCC(C2CCCCC2)CC1. The zero-order valence-corrected chi connectivity index (χ0v) is 18.7. The van der Waals surface area contributed by atoms with Crippen LogP contribution in [0.5, 0.6) is 0 Å². The summed E-state index contributed by atoms with van der Waals surface area (Å²) >= 11 is 0. The summed E-state index contributed by atoms with van der Waals surface area (Å²) in [5.41, 5.74) is 0.529. The Morgan fingerprint density at radius 1 is 0.741 bits per heavy atom. The maximum atomic E-state index is 6.63. The molecule has 1 nitrogen and oxygen atoms in total. The van der Waals surface area contributed by atoms with Crippen LogP contribution in [0.15, 0.2) is 0 Å². The van der Waals surface area contributed by atoms with Crippen molar-refractivity contribution in [2.45, 2.75) is 136 Å². The summed E-state index contributed by atoms with van der Waals surface area (Å²) < 4.78 is 6.63. The molecule has 0 aromatic rings. The molecule has 0 N–H and O–H groups in total. The predicted octanol–water partition coefficient (Wildman–Crippen LogP) is 8.31. The Morgan fingerprint density at radius 2 is 1.41 bits per heavy atom. The van der Waals surface area contributed by atoms with Gasteiger partial charge in [-0.1, -0.05) is 71.6 Å². The van der Waals surface area contributed by atoms with Gasteiger partial charge in [-0.15, -0.1) is 0 Å². The molecule has 0 bridgehead atoms. The van der Waals surface area contributed by atoms with E-state index in [0.717, 1.165) is 24.4 Å². The van der Waals surface area contributed by atoms with E-state index in [9.17, 15) is 0 Å². The van der Waals surface area contributed by atoms with Crippen molar-refractivity contribution in [1.29, 1.82) is 0 Å². The second-order valence-electron chi connectivity index (χ2n) is 10.6. The van der Waals surface area contributed by atoms with Gasteiger partial charge in [0.2, 0.25) is 0 Å². The van der Waals surface area contributed by atoms with Crippen LogP contribution in [0.2, 0.25) is 0 Å². The first-order chi connectivity index (χ1) is 13.2. The maximum Gasteiger partial charge on any atom is 0.0575 e. The van der Waals surface area contributed by atoms with E-state index in [4.69, 9.17) is 4.74 Å². The third kappa shape index (κ3) is 6.48. The zero-order valence-electron chi connectivity index (χ0n) is 18.7. The van der Waals surface area contributed by atoms with Crippen LogP contribution < -0.4 is 0 Å². The van der Waals surface area contributed by atoms with Crippen LogP contribution in [0.4, 0.5) is 0 Å². The minimum atomic E-state index is 0.529. The molecule has 0 atom stereocenters. The Morgan fingerprint density at radius 3 is 2.04 bits per heavy atom. The standard InChI is InChI=1S/C26H48O/c1-3-5-18-26(21-27-25-14-12-22(9-4-2)13-15-25)19-16-24(17-20-26)23-10-7-6-8-11-23/h22-25H,3-21H2,1-2H3/t22-,24?,25-,26?. The van der Waals surface area contributed by atoms with Gasteiger partial charge in [0.05, 0.1) is 12.7 Å². The molecule has 0 aromatic carbocycles. The van der Waals surface area contributed by atoms with Crippen molar-refractivity contribution in [2.75, 3.05) is 6.61 Å². The summed E-state index contributed by atoms with van der Waals surface area (Å²) in [5, 5.41) is 0. The van der Waals surface area contributed by atoms with Crippen LogP contribution in [0.1, 0.15) is 129 Å². The Labute approximate surface area is 170 Å². The fraction of sp³-hybridized carbons (Fsp3) is 1.00. The first-order valence-corrected chi connectivity index (χ1v) is 12.9. The lowest BCUT2D eigenvalue weighted by Gasteiger charge is -2.44. The van der Waals surface area contributed by atoms with Crippen molar-refractivity contribution in [3.63, 3.8) is 0 Å². The van der Waals surface area contributed by atoms with Crippen LogP contribution in [0, 0.1) is 23.2 Å². The number of unbranched alkanes of at least 4 members (excludes halogenated alkanes) is 1. The van der Waals surface area contributed by atoms with E-state index in [1.54, 1.807) is 0 Å². The topological polar surface area (TPSA) is 9.23 Å². The van der Waals surface area contributed by atoms with Crippen molar-refractivity contribution >= 4 is 0 Å². The Hall–Kier alpha value is -0.0400. The molecule has 3 aliphatic carbocycles. The lowest BCUT2D eigenvalue weighted by molar-refractivity contribution is -0.0565. The highest BCUT2D eigenvalue weighted by molar-refractivity contribution is 4.89. The minimum absolute atomic E-state index is 0.529. The van der Waals surface area contributed by atoms with Crippen molar-refractivity contribution in [2.24, 2.45) is 23.2 Å². The number of hydrogen-bond donors (Lipinski definition) is 0. The number of hydrogen-bond acceptors (Lipinski definition) is 1. The fourth-order valence-electron chi connectivity index (χ4n) is 6.64. The van der Waals surface area contributed by atoms with E-state index >= 15 is 0 Å². The van der Waals surface area contributed by atoms with Gasteiger partial charge in [0.25, 0.3) is 0 Å². The summed E-state index contributed by atoms with van der Waals surface area (Å²) in [7, 11) is 0. The quantitative estimate of drug-likeness (QED) is 0.393. The molecule has 0 aromatic heterocycles. The molecule has 158 valence electrons. The Bertz CT molecular complexity index is 381. The third-order valence-corrected chi connectivity index (χ3v) is 8.58. The van der Waals surface area contributed by atoms with E-state index in [0.29, 0.717) is 11.5 Å². The Balaban J connectivity index is 1.46. The van der Waals surface area contributed by atoms with E-state index in [2.05, 4.69) is 13.8 Å². The van der Waals surface area contributed by atoms with Crippen molar-refractivity contribution in [1.82, 2.24) is 0 Å². The van der Waals surface area contributed by atoms with Crippen LogP contribution >= 0.6 is 0 Å². The molecule has 1 heteroatoms. The first kappa shape index (κ1) is 21.7. The monoisotopic (exact) mass is 376 g/mol. The van der Waals surface area contributed by atoms with Gasteiger partial charge >= 0.3 is 0 Å². The summed E-state index contributed by atoms with van der Waals surface area (Å²) in [6.45, 7) is 5.77. The van der Waals surface area contributed by atoms with Gasteiger partial charge in [0, 0.05) is 0 Å². The van der Waals surface area contributed by atoms with Gasteiger partial charge in [-0.2, -0.15) is 0 Å². The fourth-order valence-corrected chi connectivity index (χ4v) is 6.64. The molecule has 27 heavy (non-hydrogen) atoms. The van der Waals surface area contributed by atoms with Crippen molar-refractivity contribution in [3.8, 4) is 0 Å². The molecule has 3 aliphatic rings. The van der Waals surface area contributed by atoms with E-state index in [1.165, 1.54) is 116 Å². The van der Waals surface area contributed by atoms with Gasteiger partial charge in [-0.25, -0.2) is 0 Å². The van der Waals surface area contributed by atoms with Crippen LogP contribution in [-0.2, 0) is 4.74 Å².